The zero-order valence-corrected chi connectivity index (χ0v) is 13.3. The van der Waals surface area contributed by atoms with Gasteiger partial charge in [0, 0.05) is 25.4 Å². The van der Waals surface area contributed by atoms with E-state index in [0.29, 0.717) is 36.5 Å². The second kappa shape index (κ2) is 7.69. The van der Waals surface area contributed by atoms with E-state index in [2.05, 4.69) is 20.6 Å². The third-order valence-electron chi connectivity index (χ3n) is 2.89. The molecule has 0 atom stereocenters. The molecule has 2 aromatic heterocycles. The summed E-state index contributed by atoms with van der Waals surface area (Å²) in [4.78, 5) is 31.9. The SMILES string of the molecule is CCOC(=O)c1csc2ncnc(NCCCNC(C)=O)c12. The quantitative estimate of drug-likeness (QED) is 0.596. The Morgan fingerprint density at radius 1 is 1.32 bits per heavy atom. The molecule has 118 valence electrons. The van der Waals surface area contributed by atoms with Crippen molar-refractivity contribution < 1.29 is 14.3 Å². The fraction of sp³-hybridized carbons (Fsp3) is 0.429. The molecule has 0 aliphatic heterocycles. The van der Waals surface area contributed by atoms with Gasteiger partial charge in [0.15, 0.2) is 0 Å². The van der Waals surface area contributed by atoms with Gasteiger partial charge in [0.2, 0.25) is 5.91 Å². The second-order valence-electron chi connectivity index (χ2n) is 4.54. The Hall–Kier alpha value is -2.22. The first-order valence-corrected chi connectivity index (χ1v) is 7.89. The summed E-state index contributed by atoms with van der Waals surface area (Å²) in [6.07, 6.45) is 2.22. The van der Waals surface area contributed by atoms with Crippen LogP contribution in [0.4, 0.5) is 5.82 Å². The molecule has 8 heteroatoms. The van der Waals surface area contributed by atoms with Gasteiger partial charge in [-0.3, -0.25) is 4.79 Å². The van der Waals surface area contributed by atoms with Crippen LogP contribution < -0.4 is 10.6 Å². The van der Waals surface area contributed by atoms with Crippen LogP contribution in [0.3, 0.4) is 0 Å². The maximum absolute atomic E-state index is 12.0. The van der Waals surface area contributed by atoms with E-state index in [9.17, 15) is 9.59 Å². The van der Waals surface area contributed by atoms with Gasteiger partial charge in [0.1, 0.15) is 17.0 Å². The van der Waals surface area contributed by atoms with Gasteiger partial charge in [0.05, 0.1) is 17.6 Å². The van der Waals surface area contributed by atoms with Gasteiger partial charge in [-0.1, -0.05) is 0 Å². The van der Waals surface area contributed by atoms with Gasteiger partial charge >= 0.3 is 5.97 Å². The third kappa shape index (κ3) is 3.91. The zero-order chi connectivity index (χ0) is 15.9. The predicted molar refractivity (Wildman–Crippen MR) is 85.2 cm³/mol. The average molecular weight is 322 g/mol. The number of aromatic nitrogens is 2. The number of esters is 1. The van der Waals surface area contributed by atoms with Gasteiger partial charge < -0.3 is 15.4 Å². The first kappa shape index (κ1) is 16.2. The molecule has 0 aliphatic rings. The molecule has 0 saturated heterocycles. The molecule has 2 rings (SSSR count). The zero-order valence-electron chi connectivity index (χ0n) is 12.5. The minimum absolute atomic E-state index is 0.0492. The maximum atomic E-state index is 12.0. The molecule has 1 amide bonds. The minimum atomic E-state index is -0.371. The van der Waals surface area contributed by atoms with Crippen LogP contribution in [0, 0.1) is 0 Å². The Kier molecular flexibility index (Phi) is 5.65. The second-order valence-corrected chi connectivity index (χ2v) is 5.39. The van der Waals surface area contributed by atoms with Crippen LogP contribution >= 0.6 is 11.3 Å². The number of rotatable bonds is 7. The molecule has 0 unspecified atom stereocenters. The van der Waals surface area contributed by atoms with Crippen molar-refractivity contribution in [2.75, 3.05) is 25.0 Å². The van der Waals surface area contributed by atoms with Crippen LogP contribution in [0.1, 0.15) is 30.6 Å². The van der Waals surface area contributed by atoms with Crippen LogP contribution in [0.25, 0.3) is 10.2 Å². The summed E-state index contributed by atoms with van der Waals surface area (Å²) in [7, 11) is 0. The molecule has 0 aliphatic carbocycles. The normalized spacial score (nSPS) is 10.5. The van der Waals surface area contributed by atoms with Crippen molar-refractivity contribution in [2.24, 2.45) is 0 Å². The number of carbonyl (C=O) groups excluding carboxylic acids is 2. The Balaban J connectivity index is 2.10. The van der Waals surface area contributed by atoms with Crippen LogP contribution in [0.5, 0.6) is 0 Å². The summed E-state index contributed by atoms with van der Waals surface area (Å²) >= 11 is 1.38. The van der Waals surface area contributed by atoms with E-state index in [1.165, 1.54) is 24.6 Å². The van der Waals surface area contributed by atoms with Crippen molar-refractivity contribution >= 4 is 39.2 Å². The lowest BCUT2D eigenvalue weighted by Crippen LogP contribution is -2.22. The van der Waals surface area contributed by atoms with Gasteiger partial charge in [-0.2, -0.15) is 0 Å². The fourth-order valence-corrected chi connectivity index (χ4v) is 2.80. The highest BCUT2D eigenvalue weighted by Crippen LogP contribution is 2.29. The minimum Gasteiger partial charge on any atom is -0.462 e. The molecule has 0 aromatic carbocycles. The lowest BCUT2D eigenvalue weighted by molar-refractivity contribution is -0.118. The summed E-state index contributed by atoms with van der Waals surface area (Å²) in [5.74, 6) is 0.189. The Morgan fingerprint density at radius 2 is 2.14 bits per heavy atom. The number of hydrogen-bond donors (Lipinski definition) is 2. The van der Waals surface area contributed by atoms with Crippen LogP contribution in [0.15, 0.2) is 11.7 Å². The molecule has 0 bridgehead atoms. The molecular weight excluding hydrogens is 304 g/mol. The Labute approximate surface area is 132 Å². The maximum Gasteiger partial charge on any atom is 0.339 e. The largest absolute Gasteiger partial charge is 0.462 e. The van der Waals surface area contributed by atoms with Crippen molar-refractivity contribution in [3.05, 3.63) is 17.3 Å². The number of nitrogens with one attached hydrogen (secondary N) is 2. The highest BCUT2D eigenvalue weighted by Gasteiger charge is 2.17. The first-order valence-electron chi connectivity index (χ1n) is 7.01. The summed E-state index contributed by atoms with van der Waals surface area (Å²) in [6.45, 7) is 4.79. The lowest BCUT2D eigenvalue weighted by atomic mass is 10.2. The standard InChI is InChI=1S/C14H18N4O3S/c1-3-21-14(20)10-7-22-13-11(10)12(17-8-18-13)16-6-4-5-15-9(2)19/h7-8H,3-6H2,1-2H3,(H,15,19)(H,16,17,18). The molecule has 7 nitrogen and oxygen atoms in total. The summed E-state index contributed by atoms with van der Waals surface area (Å²) < 4.78 is 5.06. The molecule has 2 N–H and O–H groups in total. The number of fused-ring (bicyclic) bond motifs is 1. The molecule has 0 spiro atoms. The number of thiophene rings is 1. The molecule has 22 heavy (non-hydrogen) atoms. The summed E-state index contributed by atoms with van der Waals surface area (Å²) in [5.41, 5.74) is 0.479. The van der Waals surface area contributed by atoms with Crippen LogP contribution in [-0.4, -0.2) is 41.5 Å². The highest BCUT2D eigenvalue weighted by molar-refractivity contribution is 7.17. The Morgan fingerprint density at radius 3 is 2.86 bits per heavy atom. The fourth-order valence-electron chi connectivity index (χ4n) is 1.93. The van der Waals surface area contributed by atoms with E-state index in [-0.39, 0.29) is 11.9 Å². The number of anilines is 1. The number of hydrogen-bond acceptors (Lipinski definition) is 7. The van der Waals surface area contributed by atoms with Gasteiger partial charge in [0.25, 0.3) is 0 Å². The van der Waals surface area contributed by atoms with Crippen molar-refractivity contribution in [3.8, 4) is 0 Å². The number of carbonyl (C=O) groups is 2. The molecular formula is C14H18N4O3S. The van der Waals surface area contributed by atoms with Gasteiger partial charge in [-0.15, -0.1) is 11.3 Å². The van der Waals surface area contributed by atoms with E-state index >= 15 is 0 Å². The van der Waals surface area contributed by atoms with Crippen molar-refractivity contribution in [2.45, 2.75) is 20.3 Å². The molecule has 0 saturated carbocycles. The molecule has 2 heterocycles. The number of amides is 1. The van der Waals surface area contributed by atoms with Gasteiger partial charge in [-0.25, -0.2) is 14.8 Å². The number of ether oxygens (including phenoxy) is 1. The van der Waals surface area contributed by atoms with E-state index in [0.717, 1.165) is 11.3 Å². The van der Waals surface area contributed by atoms with E-state index < -0.39 is 0 Å². The molecule has 0 radical (unpaired) electrons. The summed E-state index contributed by atoms with van der Waals surface area (Å²) in [5, 5.41) is 8.33. The third-order valence-corrected chi connectivity index (χ3v) is 3.77. The van der Waals surface area contributed by atoms with E-state index in [1.807, 2.05) is 0 Å². The van der Waals surface area contributed by atoms with E-state index in [4.69, 9.17) is 4.74 Å². The topological polar surface area (TPSA) is 93.2 Å². The molecule has 2 aromatic rings. The molecule has 0 fully saturated rings. The first-order chi connectivity index (χ1) is 10.6. The Bertz CT molecular complexity index is 671. The van der Waals surface area contributed by atoms with Crippen LogP contribution in [0.2, 0.25) is 0 Å². The van der Waals surface area contributed by atoms with Gasteiger partial charge in [-0.05, 0) is 13.3 Å². The number of nitrogens with zero attached hydrogens (tertiary/aromatic N) is 2. The predicted octanol–water partition coefficient (Wildman–Crippen LogP) is 1.81. The smallest absolute Gasteiger partial charge is 0.339 e. The van der Waals surface area contributed by atoms with Crippen molar-refractivity contribution in [3.63, 3.8) is 0 Å². The lowest BCUT2D eigenvalue weighted by Gasteiger charge is -2.08. The monoisotopic (exact) mass is 322 g/mol. The summed E-state index contributed by atoms with van der Waals surface area (Å²) in [6, 6.07) is 0. The van der Waals surface area contributed by atoms with Crippen LogP contribution in [-0.2, 0) is 9.53 Å². The highest BCUT2D eigenvalue weighted by atomic mass is 32.1. The average Bonchev–Trinajstić information content (AvgIpc) is 2.91. The van der Waals surface area contributed by atoms with Crippen molar-refractivity contribution in [1.29, 1.82) is 0 Å². The van der Waals surface area contributed by atoms with E-state index in [1.54, 1.807) is 12.3 Å². The van der Waals surface area contributed by atoms with Crippen molar-refractivity contribution in [1.82, 2.24) is 15.3 Å².